The third kappa shape index (κ3) is 3.71. The van der Waals surface area contributed by atoms with Gasteiger partial charge in [0.05, 0.1) is 6.42 Å². The van der Waals surface area contributed by atoms with Gasteiger partial charge >= 0.3 is 0 Å². The predicted molar refractivity (Wildman–Crippen MR) is 87.0 cm³/mol. The number of nitrogens with one attached hydrogen (secondary N) is 2. The van der Waals surface area contributed by atoms with Gasteiger partial charge in [0.15, 0.2) is 5.82 Å². The highest BCUT2D eigenvalue weighted by Gasteiger charge is 2.35. The van der Waals surface area contributed by atoms with E-state index in [9.17, 15) is 9.59 Å². The van der Waals surface area contributed by atoms with Crippen molar-refractivity contribution in [2.24, 2.45) is 11.7 Å². The number of aromatic nitrogens is 2. The lowest BCUT2D eigenvalue weighted by Crippen LogP contribution is -2.33. The molecule has 1 aliphatic rings. The minimum Gasteiger partial charge on any atom is -0.369 e. The largest absolute Gasteiger partial charge is 0.369 e. The highest BCUT2D eigenvalue weighted by Crippen LogP contribution is 2.40. The Morgan fingerprint density at radius 1 is 1.30 bits per heavy atom. The molecule has 120 valence electrons. The van der Waals surface area contributed by atoms with Gasteiger partial charge in [-0.25, -0.2) is 0 Å². The Morgan fingerprint density at radius 3 is 2.65 bits per heavy atom. The quantitative estimate of drug-likeness (QED) is 0.782. The summed E-state index contributed by atoms with van der Waals surface area (Å²) in [6, 6.07) is 8.94. The van der Waals surface area contributed by atoms with Crippen molar-refractivity contribution < 1.29 is 9.59 Å². The SMILES string of the molecule is NC(=O)C1CC(c2cc(NC(=O)Cc3ccc(Cl)cc3)n[nH]2)C1. The molecule has 4 N–H and O–H groups in total. The lowest BCUT2D eigenvalue weighted by molar-refractivity contribution is -0.124. The maximum Gasteiger partial charge on any atom is 0.229 e. The molecule has 0 spiro atoms. The average Bonchev–Trinajstić information content (AvgIpc) is 2.87. The maximum absolute atomic E-state index is 12.0. The minimum absolute atomic E-state index is 0.0498. The van der Waals surface area contributed by atoms with Gasteiger partial charge < -0.3 is 11.1 Å². The van der Waals surface area contributed by atoms with Crippen LogP contribution in [0, 0.1) is 5.92 Å². The van der Waals surface area contributed by atoms with Gasteiger partial charge in [-0.1, -0.05) is 23.7 Å². The van der Waals surface area contributed by atoms with Crippen molar-refractivity contribution >= 4 is 29.2 Å². The van der Waals surface area contributed by atoms with E-state index in [2.05, 4.69) is 15.5 Å². The summed E-state index contributed by atoms with van der Waals surface area (Å²) in [6.07, 6.45) is 1.72. The molecule has 1 heterocycles. The third-order valence-corrected chi connectivity index (χ3v) is 4.38. The number of carbonyl (C=O) groups excluding carboxylic acids is 2. The molecular weight excluding hydrogens is 316 g/mol. The highest BCUT2D eigenvalue weighted by molar-refractivity contribution is 6.30. The van der Waals surface area contributed by atoms with Crippen LogP contribution in [-0.4, -0.2) is 22.0 Å². The van der Waals surface area contributed by atoms with Crippen LogP contribution in [0.3, 0.4) is 0 Å². The van der Waals surface area contributed by atoms with E-state index < -0.39 is 0 Å². The Bertz CT molecular complexity index is 720. The second kappa shape index (κ2) is 6.42. The smallest absolute Gasteiger partial charge is 0.229 e. The standard InChI is InChI=1S/C16H17ClN4O2/c17-12-3-1-9(2-4-12)5-15(22)19-14-8-13(20-21-14)10-6-11(7-10)16(18)23/h1-4,8,10-11H,5-7H2,(H2,18,23)(H2,19,20,21,22). The first-order valence-electron chi connectivity index (χ1n) is 7.40. The van der Waals surface area contributed by atoms with Crippen molar-refractivity contribution in [2.45, 2.75) is 25.2 Å². The Balaban J connectivity index is 1.53. The lowest BCUT2D eigenvalue weighted by Gasteiger charge is -2.31. The number of primary amides is 1. The lowest BCUT2D eigenvalue weighted by atomic mass is 9.73. The van der Waals surface area contributed by atoms with Crippen LogP contribution >= 0.6 is 11.6 Å². The van der Waals surface area contributed by atoms with E-state index in [1.54, 1.807) is 12.1 Å². The van der Waals surface area contributed by atoms with Crippen LogP contribution in [0.1, 0.15) is 30.0 Å². The van der Waals surface area contributed by atoms with Gasteiger partial charge in [0, 0.05) is 28.6 Å². The number of H-pyrrole nitrogens is 1. The first kappa shape index (κ1) is 15.6. The molecule has 7 heteroatoms. The first-order chi connectivity index (χ1) is 11.0. The Labute approximate surface area is 138 Å². The molecular formula is C16H17ClN4O2. The van der Waals surface area contributed by atoms with Crippen molar-refractivity contribution in [1.82, 2.24) is 10.2 Å². The van der Waals surface area contributed by atoms with Crippen LogP contribution in [0.15, 0.2) is 30.3 Å². The van der Waals surface area contributed by atoms with E-state index in [-0.39, 0.29) is 30.1 Å². The van der Waals surface area contributed by atoms with E-state index in [4.69, 9.17) is 17.3 Å². The van der Waals surface area contributed by atoms with Gasteiger partial charge in [-0.15, -0.1) is 0 Å². The van der Waals surface area contributed by atoms with Crippen LogP contribution in [-0.2, 0) is 16.0 Å². The number of aromatic amines is 1. The van der Waals surface area contributed by atoms with Crippen LogP contribution in [0.2, 0.25) is 5.02 Å². The predicted octanol–water partition coefficient (Wildman–Crippen LogP) is 2.22. The summed E-state index contributed by atoms with van der Waals surface area (Å²) in [5.41, 5.74) is 7.06. The summed E-state index contributed by atoms with van der Waals surface area (Å²) in [5, 5.41) is 10.4. The van der Waals surface area contributed by atoms with E-state index in [0.717, 1.165) is 24.1 Å². The molecule has 0 bridgehead atoms. The van der Waals surface area contributed by atoms with Crippen LogP contribution in [0.5, 0.6) is 0 Å². The number of anilines is 1. The van der Waals surface area contributed by atoms with Gasteiger partial charge in [0.2, 0.25) is 11.8 Å². The summed E-state index contributed by atoms with van der Waals surface area (Å²) >= 11 is 5.82. The van der Waals surface area contributed by atoms with Gasteiger partial charge in [-0.3, -0.25) is 14.7 Å². The molecule has 1 aromatic carbocycles. The molecule has 23 heavy (non-hydrogen) atoms. The summed E-state index contributed by atoms with van der Waals surface area (Å²) in [6.45, 7) is 0. The molecule has 2 aromatic rings. The fraction of sp³-hybridized carbons (Fsp3) is 0.312. The van der Waals surface area contributed by atoms with Gasteiger partial charge in [-0.05, 0) is 30.5 Å². The second-order valence-electron chi connectivity index (χ2n) is 5.83. The number of hydrogen-bond acceptors (Lipinski definition) is 3. The maximum atomic E-state index is 12.0. The molecule has 6 nitrogen and oxygen atoms in total. The van der Waals surface area contributed by atoms with Gasteiger partial charge in [0.1, 0.15) is 0 Å². The van der Waals surface area contributed by atoms with Crippen molar-refractivity contribution in [1.29, 1.82) is 0 Å². The number of halogens is 1. The first-order valence-corrected chi connectivity index (χ1v) is 7.78. The molecule has 0 radical (unpaired) electrons. The van der Waals surface area contributed by atoms with Crippen molar-refractivity contribution in [3.05, 3.63) is 46.6 Å². The molecule has 3 rings (SSSR count). The minimum atomic E-state index is -0.253. The number of nitrogens with zero attached hydrogens (tertiary/aromatic N) is 1. The molecule has 2 amide bonds. The zero-order valence-corrected chi connectivity index (χ0v) is 13.1. The fourth-order valence-corrected chi connectivity index (χ4v) is 2.81. The number of rotatable bonds is 5. The summed E-state index contributed by atoms with van der Waals surface area (Å²) in [5.74, 6) is 0.293. The molecule has 1 fully saturated rings. The Hall–Kier alpha value is -2.34. The number of hydrogen-bond donors (Lipinski definition) is 3. The molecule has 1 saturated carbocycles. The van der Waals surface area contributed by atoms with Crippen molar-refractivity contribution in [2.75, 3.05) is 5.32 Å². The second-order valence-corrected chi connectivity index (χ2v) is 6.26. The zero-order valence-electron chi connectivity index (χ0n) is 12.4. The molecule has 0 saturated heterocycles. The van der Waals surface area contributed by atoms with Gasteiger partial charge in [0.25, 0.3) is 0 Å². The van der Waals surface area contributed by atoms with Crippen molar-refractivity contribution in [3.8, 4) is 0 Å². The van der Waals surface area contributed by atoms with E-state index in [1.807, 2.05) is 18.2 Å². The third-order valence-electron chi connectivity index (χ3n) is 4.12. The van der Waals surface area contributed by atoms with Crippen LogP contribution in [0.4, 0.5) is 5.82 Å². The topological polar surface area (TPSA) is 101 Å². The van der Waals surface area contributed by atoms with E-state index >= 15 is 0 Å². The Kier molecular flexibility index (Phi) is 4.34. The molecule has 1 aliphatic carbocycles. The normalized spacial score (nSPS) is 19.9. The average molecular weight is 333 g/mol. The van der Waals surface area contributed by atoms with E-state index in [0.29, 0.717) is 10.8 Å². The molecule has 0 unspecified atom stereocenters. The molecule has 1 aromatic heterocycles. The monoisotopic (exact) mass is 332 g/mol. The van der Waals surface area contributed by atoms with Crippen molar-refractivity contribution in [3.63, 3.8) is 0 Å². The van der Waals surface area contributed by atoms with Crippen LogP contribution in [0.25, 0.3) is 0 Å². The molecule has 0 atom stereocenters. The van der Waals surface area contributed by atoms with E-state index in [1.165, 1.54) is 0 Å². The summed E-state index contributed by atoms with van der Waals surface area (Å²) < 4.78 is 0. The number of nitrogens with two attached hydrogens (primary N) is 1. The summed E-state index contributed by atoms with van der Waals surface area (Å²) in [4.78, 5) is 23.0. The number of carbonyl (C=O) groups is 2. The van der Waals surface area contributed by atoms with Gasteiger partial charge in [-0.2, -0.15) is 5.10 Å². The highest BCUT2D eigenvalue weighted by atomic mass is 35.5. The number of benzene rings is 1. The van der Waals surface area contributed by atoms with Crippen LogP contribution < -0.4 is 11.1 Å². The molecule has 0 aliphatic heterocycles. The Morgan fingerprint density at radius 2 is 2.00 bits per heavy atom. The fourth-order valence-electron chi connectivity index (χ4n) is 2.69. The summed E-state index contributed by atoms with van der Waals surface area (Å²) in [7, 11) is 0. The number of amides is 2. The zero-order chi connectivity index (χ0) is 16.4.